The maximum absolute atomic E-state index is 12.3. The lowest BCUT2D eigenvalue weighted by atomic mass is 10.1. The second-order valence-electron chi connectivity index (χ2n) is 6.66. The smallest absolute Gasteiger partial charge is 0.321 e. The normalized spacial score (nSPS) is 12.1. The molecule has 1 amide bonds. The van der Waals surface area contributed by atoms with Gasteiger partial charge in [-0.05, 0) is 31.5 Å². The Kier molecular flexibility index (Phi) is 7.85. The number of hydrogen-bond donors (Lipinski definition) is 1. The molecule has 1 atom stereocenters. The summed E-state index contributed by atoms with van der Waals surface area (Å²) in [6, 6.07) is 14.5. The van der Waals surface area contributed by atoms with Crippen LogP contribution in [0.5, 0.6) is 0 Å². The van der Waals surface area contributed by atoms with E-state index in [4.69, 9.17) is 4.74 Å². The van der Waals surface area contributed by atoms with Crippen LogP contribution in [0.3, 0.4) is 0 Å². The Balaban J connectivity index is 1.85. The quantitative estimate of drug-likeness (QED) is 0.479. The van der Waals surface area contributed by atoms with Crippen LogP contribution in [0.25, 0.3) is 0 Å². The maximum atomic E-state index is 12.3. The standard InChI is InChI=1S/C21H24N2O6S/c1-15(17-7-5-4-6-8-17)23(3)20(25)14-29-21(26)13-22-30(27,28)19-11-9-18(10-12-19)16(2)24/h4-12,15,22H,13-14H2,1-3H3. The zero-order valence-electron chi connectivity index (χ0n) is 17.0. The third-order valence-corrected chi connectivity index (χ3v) is 6.01. The molecular formula is C21H24N2O6S. The summed E-state index contributed by atoms with van der Waals surface area (Å²) < 4.78 is 31.5. The second kappa shape index (κ2) is 10.1. The summed E-state index contributed by atoms with van der Waals surface area (Å²) in [5, 5.41) is 0. The molecule has 0 aromatic heterocycles. The van der Waals surface area contributed by atoms with Gasteiger partial charge in [-0.2, -0.15) is 4.72 Å². The number of esters is 1. The zero-order valence-corrected chi connectivity index (χ0v) is 17.8. The van der Waals surface area contributed by atoms with Crippen molar-refractivity contribution in [3.8, 4) is 0 Å². The van der Waals surface area contributed by atoms with Gasteiger partial charge < -0.3 is 9.64 Å². The van der Waals surface area contributed by atoms with Crippen LogP contribution in [0.2, 0.25) is 0 Å². The Morgan fingerprint density at radius 2 is 1.63 bits per heavy atom. The van der Waals surface area contributed by atoms with Crippen LogP contribution in [0.1, 0.15) is 35.8 Å². The zero-order chi connectivity index (χ0) is 22.3. The van der Waals surface area contributed by atoms with E-state index >= 15 is 0 Å². The summed E-state index contributed by atoms with van der Waals surface area (Å²) in [6.45, 7) is 2.10. The summed E-state index contributed by atoms with van der Waals surface area (Å²) in [5.41, 5.74) is 1.31. The number of carbonyl (C=O) groups excluding carboxylic acids is 3. The van der Waals surface area contributed by atoms with Crippen molar-refractivity contribution in [2.75, 3.05) is 20.2 Å². The molecular weight excluding hydrogens is 408 g/mol. The molecule has 0 aliphatic rings. The van der Waals surface area contributed by atoms with Gasteiger partial charge in [0, 0.05) is 12.6 Å². The van der Waals surface area contributed by atoms with E-state index in [-0.39, 0.29) is 16.7 Å². The molecule has 2 aromatic rings. The molecule has 0 aliphatic heterocycles. The Morgan fingerprint density at radius 1 is 1.03 bits per heavy atom. The van der Waals surface area contributed by atoms with Crippen LogP contribution >= 0.6 is 0 Å². The van der Waals surface area contributed by atoms with E-state index in [2.05, 4.69) is 4.72 Å². The summed E-state index contributed by atoms with van der Waals surface area (Å²) in [6.07, 6.45) is 0. The third kappa shape index (κ3) is 6.23. The first-order valence-corrected chi connectivity index (χ1v) is 10.7. The maximum Gasteiger partial charge on any atom is 0.321 e. The van der Waals surface area contributed by atoms with Gasteiger partial charge in [0.05, 0.1) is 10.9 Å². The van der Waals surface area contributed by atoms with Gasteiger partial charge in [0.15, 0.2) is 12.4 Å². The fourth-order valence-electron chi connectivity index (χ4n) is 2.57. The molecule has 0 saturated heterocycles. The Labute approximate surface area is 175 Å². The predicted molar refractivity (Wildman–Crippen MR) is 110 cm³/mol. The molecule has 0 saturated carbocycles. The molecule has 0 radical (unpaired) electrons. The van der Waals surface area contributed by atoms with Gasteiger partial charge >= 0.3 is 5.97 Å². The van der Waals surface area contributed by atoms with E-state index < -0.39 is 35.1 Å². The SMILES string of the molecule is CC(=O)c1ccc(S(=O)(=O)NCC(=O)OCC(=O)N(C)C(C)c2ccccc2)cc1. The predicted octanol–water partition coefficient (Wildman–Crippen LogP) is 1.93. The van der Waals surface area contributed by atoms with Crippen molar-refractivity contribution < 1.29 is 27.5 Å². The van der Waals surface area contributed by atoms with Crippen molar-refractivity contribution in [1.29, 1.82) is 0 Å². The van der Waals surface area contributed by atoms with Crippen molar-refractivity contribution in [1.82, 2.24) is 9.62 Å². The number of benzene rings is 2. The number of rotatable bonds is 9. The van der Waals surface area contributed by atoms with E-state index in [0.717, 1.165) is 5.56 Å². The van der Waals surface area contributed by atoms with E-state index in [9.17, 15) is 22.8 Å². The van der Waals surface area contributed by atoms with E-state index in [1.807, 2.05) is 37.3 Å². The van der Waals surface area contributed by atoms with Gasteiger partial charge in [0.25, 0.3) is 5.91 Å². The summed E-state index contributed by atoms with van der Waals surface area (Å²) in [4.78, 5) is 36.7. The van der Waals surface area contributed by atoms with Crippen LogP contribution in [0.15, 0.2) is 59.5 Å². The Morgan fingerprint density at radius 3 is 2.20 bits per heavy atom. The van der Waals surface area contributed by atoms with Gasteiger partial charge in [-0.25, -0.2) is 8.42 Å². The Hall–Kier alpha value is -3.04. The first-order valence-electron chi connectivity index (χ1n) is 9.18. The highest BCUT2D eigenvalue weighted by molar-refractivity contribution is 7.89. The number of likely N-dealkylation sites (N-methyl/N-ethyl adjacent to an activating group) is 1. The number of carbonyl (C=O) groups is 3. The van der Waals surface area contributed by atoms with Crippen LogP contribution in [0.4, 0.5) is 0 Å². The van der Waals surface area contributed by atoms with E-state index in [1.54, 1.807) is 7.05 Å². The molecule has 0 fully saturated rings. The highest BCUT2D eigenvalue weighted by Crippen LogP contribution is 2.18. The average molecular weight is 432 g/mol. The number of ketones is 1. The minimum Gasteiger partial charge on any atom is -0.455 e. The van der Waals surface area contributed by atoms with Crippen molar-refractivity contribution in [2.24, 2.45) is 0 Å². The molecule has 2 aromatic carbocycles. The van der Waals surface area contributed by atoms with Gasteiger partial charge in [-0.3, -0.25) is 14.4 Å². The first-order chi connectivity index (χ1) is 14.1. The Bertz CT molecular complexity index is 1000. The number of nitrogens with one attached hydrogen (secondary N) is 1. The van der Waals surface area contributed by atoms with Crippen LogP contribution in [-0.4, -0.2) is 51.2 Å². The highest BCUT2D eigenvalue weighted by Gasteiger charge is 2.20. The fraction of sp³-hybridized carbons (Fsp3) is 0.286. The van der Waals surface area contributed by atoms with Crippen LogP contribution < -0.4 is 4.72 Å². The van der Waals surface area contributed by atoms with E-state index in [1.165, 1.54) is 36.1 Å². The van der Waals surface area contributed by atoms with Crippen LogP contribution in [-0.2, 0) is 24.3 Å². The van der Waals surface area contributed by atoms with Crippen LogP contribution in [0, 0.1) is 0 Å². The lowest BCUT2D eigenvalue weighted by molar-refractivity contribution is -0.151. The number of Topliss-reactive ketones (excluding diaryl/α,β-unsaturated/α-hetero) is 1. The highest BCUT2D eigenvalue weighted by atomic mass is 32.2. The van der Waals surface area contributed by atoms with E-state index in [0.29, 0.717) is 5.56 Å². The minimum atomic E-state index is -3.96. The van der Waals surface area contributed by atoms with Gasteiger partial charge in [-0.1, -0.05) is 42.5 Å². The molecule has 0 spiro atoms. The lowest BCUT2D eigenvalue weighted by Gasteiger charge is -2.25. The van der Waals surface area contributed by atoms with Gasteiger partial charge in [-0.15, -0.1) is 0 Å². The molecule has 0 heterocycles. The molecule has 1 unspecified atom stereocenters. The number of ether oxygens (including phenoxy) is 1. The van der Waals surface area contributed by atoms with Gasteiger partial charge in [0.1, 0.15) is 6.54 Å². The average Bonchev–Trinajstić information content (AvgIpc) is 2.75. The molecule has 0 bridgehead atoms. The second-order valence-corrected chi connectivity index (χ2v) is 8.42. The van der Waals surface area contributed by atoms with Crippen molar-refractivity contribution in [3.05, 3.63) is 65.7 Å². The minimum absolute atomic E-state index is 0.0900. The fourth-order valence-corrected chi connectivity index (χ4v) is 3.54. The monoisotopic (exact) mass is 432 g/mol. The van der Waals surface area contributed by atoms with Gasteiger partial charge in [0.2, 0.25) is 10.0 Å². The topological polar surface area (TPSA) is 110 Å². The first kappa shape index (κ1) is 23.2. The molecule has 1 N–H and O–H groups in total. The molecule has 0 aliphatic carbocycles. The number of nitrogens with zero attached hydrogens (tertiary/aromatic N) is 1. The summed E-state index contributed by atoms with van der Waals surface area (Å²) >= 11 is 0. The lowest BCUT2D eigenvalue weighted by Crippen LogP contribution is -2.36. The number of amides is 1. The summed E-state index contributed by atoms with van der Waals surface area (Å²) in [5.74, 6) is -1.48. The van der Waals surface area contributed by atoms with Crippen molar-refractivity contribution in [3.63, 3.8) is 0 Å². The summed E-state index contributed by atoms with van der Waals surface area (Å²) in [7, 11) is -2.36. The number of hydrogen-bond acceptors (Lipinski definition) is 6. The van der Waals surface area contributed by atoms with Crippen molar-refractivity contribution in [2.45, 2.75) is 24.8 Å². The largest absolute Gasteiger partial charge is 0.455 e. The number of sulfonamides is 1. The molecule has 8 nitrogen and oxygen atoms in total. The molecule has 2 rings (SSSR count). The molecule has 9 heteroatoms. The molecule has 30 heavy (non-hydrogen) atoms. The van der Waals surface area contributed by atoms with Crippen molar-refractivity contribution >= 4 is 27.7 Å². The molecule has 160 valence electrons. The third-order valence-electron chi connectivity index (χ3n) is 4.59.